The molecule has 102 valence electrons. The van der Waals surface area contributed by atoms with Gasteiger partial charge < -0.3 is 40.9 Å². The summed E-state index contributed by atoms with van der Waals surface area (Å²) < 4.78 is 3.65. The van der Waals surface area contributed by atoms with Gasteiger partial charge in [0.1, 0.15) is 0 Å². The number of morpholine rings is 1. The molecule has 1 saturated heterocycles. The molecule has 1 aliphatic rings. The van der Waals surface area contributed by atoms with Crippen molar-refractivity contribution < 1.29 is 45.6 Å². The number of nitrogens with zero attached hydrogens (tertiary/aromatic N) is 1. The van der Waals surface area contributed by atoms with E-state index >= 15 is 0 Å². The SMILES string of the molecule is CCCN1C(O)(O)C(O)(O)OC(O)(O)C1(O)O. The highest BCUT2D eigenvalue weighted by Gasteiger charge is 2.74. The van der Waals surface area contributed by atoms with Crippen LogP contribution >= 0.6 is 0 Å². The number of hydrogen-bond acceptors (Lipinski definition) is 10. The Balaban J connectivity index is 3.27. The first-order valence-corrected chi connectivity index (χ1v) is 4.67. The van der Waals surface area contributed by atoms with Gasteiger partial charge in [0.2, 0.25) is 0 Å². The number of aliphatic hydroxyl groups is 8. The van der Waals surface area contributed by atoms with Crippen LogP contribution in [-0.4, -0.2) is 76.1 Å². The molecule has 0 atom stereocenters. The maximum absolute atomic E-state index is 9.38. The molecule has 1 fully saturated rings. The van der Waals surface area contributed by atoms with E-state index in [9.17, 15) is 20.4 Å². The molecule has 1 rings (SSSR count). The van der Waals surface area contributed by atoms with E-state index in [1.165, 1.54) is 6.92 Å². The highest BCUT2D eigenvalue weighted by molar-refractivity contribution is 4.91. The molecule has 0 aliphatic carbocycles. The van der Waals surface area contributed by atoms with Crippen LogP contribution in [-0.2, 0) is 4.74 Å². The number of ether oxygens (including phenoxy) is 1. The topological polar surface area (TPSA) is 174 Å². The molecule has 10 nitrogen and oxygen atoms in total. The van der Waals surface area contributed by atoms with Crippen LogP contribution in [0.4, 0.5) is 0 Å². The highest BCUT2D eigenvalue weighted by atomic mass is 16.9. The van der Waals surface area contributed by atoms with E-state index < -0.39 is 30.3 Å². The second-order valence-electron chi connectivity index (χ2n) is 3.74. The lowest BCUT2D eigenvalue weighted by Gasteiger charge is -2.55. The van der Waals surface area contributed by atoms with Crippen LogP contribution in [0.15, 0.2) is 0 Å². The molecule has 8 N–H and O–H groups in total. The third-order valence-electron chi connectivity index (χ3n) is 2.36. The molecule has 17 heavy (non-hydrogen) atoms. The molecule has 0 aromatic rings. The fraction of sp³-hybridized carbons (Fsp3) is 1.00. The van der Waals surface area contributed by atoms with Crippen molar-refractivity contribution in [1.29, 1.82) is 0 Å². The molecule has 0 saturated carbocycles. The molecule has 0 aromatic carbocycles. The molecule has 0 bridgehead atoms. The van der Waals surface area contributed by atoms with E-state index in [1.807, 2.05) is 0 Å². The van der Waals surface area contributed by atoms with Crippen LogP contribution < -0.4 is 0 Å². The zero-order valence-electron chi connectivity index (χ0n) is 8.85. The number of hydrogen-bond donors (Lipinski definition) is 8. The van der Waals surface area contributed by atoms with Crippen molar-refractivity contribution in [2.75, 3.05) is 6.54 Å². The first-order valence-electron chi connectivity index (χ1n) is 4.67. The molecular formula is C7H15NO9. The van der Waals surface area contributed by atoms with Crippen LogP contribution in [0.1, 0.15) is 13.3 Å². The third-order valence-corrected chi connectivity index (χ3v) is 2.36. The molecule has 0 unspecified atom stereocenters. The Hall–Kier alpha value is -0.400. The minimum atomic E-state index is -3.85. The molecule has 0 aromatic heterocycles. The maximum Gasteiger partial charge on any atom is 0.356 e. The van der Waals surface area contributed by atoms with Crippen molar-refractivity contribution >= 4 is 0 Å². The highest BCUT2D eigenvalue weighted by Crippen LogP contribution is 2.41. The summed E-state index contributed by atoms with van der Waals surface area (Å²) in [5, 5.41) is 74.0. The van der Waals surface area contributed by atoms with E-state index in [0.29, 0.717) is 0 Å². The zero-order chi connectivity index (χ0) is 13.7. The van der Waals surface area contributed by atoms with Crippen molar-refractivity contribution in [2.24, 2.45) is 0 Å². The van der Waals surface area contributed by atoms with Crippen LogP contribution in [0.25, 0.3) is 0 Å². The maximum atomic E-state index is 9.38. The van der Waals surface area contributed by atoms with Gasteiger partial charge in [0.25, 0.3) is 0 Å². The van der Waals surface area contributed by atoms with Crippen LogP contribution in [0, 0.1) is 0 Å². The fourth-order valence-electron chi connectivity index (χ4n) is 1.44. The zero-order valence-corrected chi connectivity index (χ0v) is 8.85. The second kappa shape index (κ2) is 3.80. The van der Waals surface area contributed by atoms with Crippen LogP contribution in [0.2, 0.25) is 0 Å². The van der Waals surface area contributed by atoms with E-state index in [0.717, 1.165) is 0 Å². The number of rotatable bonds is 2. The largest absolute Gasteiger partial charge is 0.356 e. The minimum absolute atomic E-state index is 0.0951. The Morgan fingerprint density at radius 3 is 1.47 bits per heavy atom. The van der Waals surface area contributed by atoms with Crippen molar-refractivity contribution in [3.05, 3.63) is 0 Å². The molecule has 1 heterocycles. The summed E-state index contributed by atoms with van der Waals surface area (Å²) in [5.74, 6) is -15.0. The average Bonchev–Trinajstić information content (AvgIpc) is 2.09. The molecule has 0 radical (unpaired) electrons. The lowest BCUT2D eigenvalue weighted by molar-refractivity contribution is -0.657. The van der Waals surface area contributed by atoms with Crippen molar-refractivity contribution in [3.63, 3.8) is 0 Å². The van der Waals surface area contributed by atoms with Gasteiger partial charge in [-0.05, 0) is 6.42 Å². The van der Waals surface area contributed by atoms with Crippen LogP contribution in [0.5, 0.6) is 0 Å². The predicted molar refractivity (Wildman–Crippen MR) is 46.8 cm³/mol. The van der Waals surface area contributed by atoms with Gasteiger partial charge in [0.15, 0.2) is 0 Å². The van der Waals surface area contributed by atoms with Crippen molar-refractivity contribution in [3.8, 4) is 0 Å². The Morgan fingerprint density at radius 2 is 1.18 bits per heavy atom. The smallest absolute Gasteiger partial charge is 0.347 e. The second-order valence-corrected chi connectivity index (χ2v) is 3.74. The standard InChI is InChI=1S/C7H15NO9/c1-2-3-8-4(9,10)6(13,14)17-7(15,16)5(8,11)12/h9-16H,2-3H2,1H3. The normalized spacial score (nSPS) is 30.2. The summed E-state index contributed by atoms with van der Waals surface area (Å²) in [7, 11) is 0. The molecule has 1 aliphatic heterocycles. The summed E-state index contributed by atoms with van der Waals surface area (Å²) in [6, 6.07) is 0. The lowest BCUT2D eigenvalue weighted by Crippen LogP contribution is -2.84. The first kappa shape index (κ1) is 14.7. The Kier molecular flexibility index (Phi) is 3.27. The summed E-state index contributed by atoms with van der Waals surface area (Å²) in [5.41, 5.74) is 0. The lowest BCUT2D eigenvalue weighted by atomic mass is 10.1. The van der Waals surface area contributed by atoms with Crippen molar-refractivity contribution in [1.82, 2.24) is 4.90 Å². The van der Waals surface area contributed by atoms with Gasteiger partial charge in [-0.1, -0.05) is 6.92 Å². The van der Waals surface area contributed by atoms with Gasteiger partial charge in [-0.3, -0.25) is 4.74 Å². The fourth-order valence-corrected chi connectivity index (χ4v) is 1.44. The third kappa shape index (κ3) is 1.94. The summed E-state index contributed by atoms with van der Waals surface area (Å²) >= 11 is 0. The van der Waals surface area contributed by atoms with E-state index in [1.54, 1.807) is 0 Å². The van der Waals surface area contributed by atoms with Gasteiger partial charge in [0.05, 0.1) is 0 Å². The average molecular weight is 257 g/mol. The van der Waals surface area contributed by atoms with Gasteiger partial charge in [0, 0.05) is 6.54 Å². The molecular weight excluding hydrogens is 242 g/mol. The first-order chi connectivity index (χ1) is 7.40. The van der Waals surface area contributed by atoms with E-state index in [2.05, 4.69) is 4.74 Å². The Bertz CT molecular complexity index is 274. The van der Waals surface area contributed by atoms with E-state index in [4.69, 9.17) is 20.4 Å². The summed E-state index contributed by atoms with van der Waals surface area (Å²) in [6.45, 7) is 0.962. The quantitative estimate of drug-likeness (QED) is 0.224. The summed E-state index contributed by atoms with van der Waals surface area (Å²) in [4.78, 5) is -0.149. The van der Waals surface area contributed by atoms with Crippen molar-refractivity contribution in [2.45, 2.75) is 37.1 Å². The van der Waals surface area contributed by atoms with E-state index in [-0.39, 0.29) is 11.3 Å². The van der Waals surface area contributed by atoms with Gasteiger partial charge in [-0.15, -0.1) is 0 Å². The Morgan fingerprint density at radius 1 is 0.824 bits per heavy atom. The monoisotopic (exact) mass is 257 g/mol. The molecule has 0 spiro atoms. The van der Waals surface area contributed by atoms with Crippen LogP contribution in [0.3, 0.4) is 0 Å². The minimum Gasteiger partial charge on any atom is -0.347 e. The molecule has 0 amide bonds. The molecule has 10 heteroatoms. The Labute approximate surface area is 95.2 Å². The van der Waals surface area contributed by atoms with Gasteiger partial charge in [-0.2, -0.15) is 4.90 Å². The summed E-state index contributed by atoms with van der Waals surface area (Å²) in [6.07, 6.45) is 0.0951. The van der Waals surface area contributed by atoms with Gasteiger partial charge in [-0.25, -0.2) is 0 Å². The van der Waals surface area contributed by atoms with Gasteiger partial charge >= 0.3 is 23.8 Å². The predicted octanol–water partition coefficient (Wildman–Crippen LogP) is -4.72.